The molecular formula is C14H21NO. The van der Waals surface area contributed by atoms with Gasteiger partial charge in [-0.1, -0.05) is 31.5 Å². The quantitative estimate of drug-likeness (QED) is 0.789. The van der Waals surface area contributed by atoms with Crippen molar-refractivity contribution in [2.75, 3.05) is 0 Å². The van der Waals surface area contributed by atoms with Crippen LogP contribution in [0.4, 0.5) is 0 Å². The van der Waals surface area contributed by atoms with Crippen LogP contribution in [0, 0.1) is 13.8 Å². The number of hydrogen-bond acceptors (Lipinski definition) is 2. The van der Waals surface area contributed by atoms with Gasteiger partial charge in [-0.05, 0) is 32.4 Å². The van der Waals surface area contributed by atoms with Gasteiger partial charge < -0.3 is 5.32 Å². The van der Waals surface area contributed by atoms with E-state index in [0.29, 0.717) is 6.04 Å². The Morgan fingerprint density at radius 3 is 2.38 bits per heavy atom. The van der Waals surface area contributed by atoms with Crippen LogP contribution < -0.4 is 5.32 Å². The third-order valence-corrected chi connectivity index (χ3v) is 2.64. The van der Waals surface area contributed by atoms with E-state index in [4.69, 9.17) is 0 Å². The van der Waals surface area contributed by atoms with E-state index in [-0.39, 0.29) is 11.8 Å². The fourth-order valence-corrected chi connectivity index (χ4v) is 1.81. The van der Waals surface area contributed by atoms with E-state index in [9.17, 15) is 4.79 Å². The lowest BCUT2D eigenvalue weighted by molar-refractivity contribution is 0.0946. The van der Waals surface area contributed by atoms with E-state index in [1.165, 1.54) is 0 Å². The predicted molar refractivity (Wildman–Crippen MR) is 68.0 cm³/mol. The molecule has 1 atom stereocenters. The summed E-state index contributed by atoms with van der Waals surface area (Å²) in [6, 6.07) is 6.21. The van der Waals surface area contributed by atoms with Gasteiger partial charge in [0, 0.05) is 11.6 Å². The van der Waals surface area contributed by atoms with Crippen LogP contribution in [-0.4, -0.2) is 17.9 Å². The number of aryl methyl sites for hydroxylation is 2. The van der Waals surface area contributed by atoms with Gasteiger partial charge in [0.05, 0.1) is 6.04 Å². The Morgan fingerprint density at radius 1 is 1.19 bits per heavy atom. The summed E-state index contributed by atoms with van der Waals surface area (Å²) in [5.74, 6) is 0.176. The Labute approximate surface area is 98.1 Å². The summed E-state index contributed by atoms with van der Waals surface area (Å²) in [6.07, 6.45) is 0. The van der Waals surface area contributed by atoms with Crippen LogP contribution in [0.3, 0.4) is 0 Å². The maximum atomic E-state index is 12.2. The van der Waals surface area contributed by atoms with Crippen LogP contribution in [0.25, 0.3) is 0 Å². The van der Waals surface area contributed by atoms with Gasteiger partial charge in [0.25, 0.3) is 0 Å². The average Bonchev–Trinajstić information content (AvgIpc) is 2.19. The first-order valence-electron chi connectivity index (χ1n) is 5.79. The number of carbonyl (C=O) groups is 1. The molecule has 1 rings (SSSR count). The summed E-state index contributed by atoms with van der Waals surface area (Å²) < 4.78 is 0. The molecule has 1 N–H and O–H groups in total. The molecule has 0 bridgehead atoms. The highest BCUT2D eigenvalue weighted by Gasteiger charge is 2.17. The van der Waals surface area contributed by atoms with Gasteiger partial charge in [-0.25, -0.2) is 0 Å². The highest BCUT2D eigenvalue weighted by molar-refractivity contribution is 6.01. The molecular weight excluding hydrogens is 198 g/mol. The Kier molecular flexibility index (Phi) is 4.25. The van der Waals surface area contributed by atoms with Gasteiger partial charge in [0.15, 0.2) is 5.78 Å². The summed E-state index contributed by atoms with van der Waals surface area (Å²) in [5, 5.41) is 3.24. The number of carbonyl (C=O) groups excluding carboxylic acids is 1. The fourth-order valence-electron chi connectivity index (χ4n) is 1.81. The van der Waals surface area contributed by atoms with Gasteiger partial charge in [0.2, 0.25) is 0 Å². The monoisotopic (exact) mass is 219 g/mol. The first-order valence-corrected chi connectivity index (χ1v) is 5.79. The molecule has 0 saturated heterocycles. The second kappa shape index (κ2) is 5.26. The lowest BCUT2D eigenvalue weighted by atomic mass is 9.98. The molecule has 1 unspecified atom stereocenters. The maximum Gasteiger partial charge on any atom is 0.179 e. The van der Waals surface area contributed by atoms with E-state index < -0.39 is 0 Å². The van der Waals surface area contributed by atoms with Crippen LogP contribution in [0.5, 0.6) is 0 Å². The second-order valence-corrected chi connectivity index (χ2v) is 4.73. The average molecular weight is 219 g/mol. The zero-order valence-electron chi connectivity index (χ0n) is 10.8. The largest absolute Gasteiger partial charge is 0.305 e. The Bertz CT molecular complexity index is 382. The van der Waals surface area contributed by atoms with Crippen molar-refractivity contribution in [3.63, 3.8) is 0 Å². The van der Waals surface area contributed by atoms with Crippen molar-refractivity contribution >= 4 is 5.78 Å². The molecule has 0 spiro atoms. The Hall–Kier alpha value is -1.15. The Balaban J connectivity index is 2.91. The van der Waals surface area contributed by atoms with Crippen LogP contribution in [0.2, 0.25) is 0 Å². The first-order chi connectivity index (χ1) is 7.41. The molecule has 1 aromatic rings. The normalized spacial score (nSPS) is 12.9. The summed E-state index contributed by atoms with van der Waals surface area (Å²) in [5.41, 5.74) is 3.01. The number of rotatable bonds is 4. The van der Waals surface area contributed by atoms with E-state index >= 15 is 0 Å². The van der Waals surface area contributed by atoms with E-state index in [1.807, 2.05) is 52.8 Å². The molecule has 0 aromatic heterocycles. The van der Waals surface area contributed by atoms with E-state index in [2.05, 4.69) is 5.32 Å². The van der Waals surface area contributed by atoms with Gasteiger partial charge in [-0.2, -0.15) is 0 Å². The molecule has 1 aromatic carbocycles. The van der Waals surface area contributed by atoms with Crippen molar-refractivity contribution in [1.82, 2.24) is 5.32 Å². The van der Waals surface area contributed by atoms with Crippen molar-refractivity contribution in [1.29, 1.82) is 0 Å². The molecule has 0 aliphatic carbocycles. The smallest absolute Gasteiger partial charge is 0.179 e. The van der Waals surface area contributed by atoms with Gasteiger partial charge >= 0.3 is 0 Å². The molecule has 16 heavy (non-hydrogen) atoms. The molecule has 0 amide bonds. The van der Waals surface area contributed by atoms with Crippen LogP contribution >= 0.6 is 0 Å². The standard InChI is InChI=1S/C14H21NO/c1-9(2)15-12(5)14(16)13-8-10(3)6-7-11(13)4/h6-9,12,15H,1-5H3. The lowest BCUT2D eigenvalue weighted by Gasteiger charge is -2.17. The molecule has 0 radical (unpaired) electrons. The van der Waals surface area contributed by atoms with E-state index in [1.54, 1.807) is 0 Å². The number of benzene rings is 1. The molecule has 0 aliphatic heterocycles. The SMILES string of the molecule is Cc1ccc(C)c(C(=O)C(C)NC(C)C)c1. The molecule has 0 fully saturated rings. The molecule has 88 valence electrons. The maximum absolute atomic E-state index is 12.2. The topological polar surface area (TPSA) is 29.1 Å². The first kappa shape index (κ1) is 12.9. The van der Waals surface area contributed by atoms with Gasteiger partial charge in [-0.3, -0.25) is 4.79 Å². The number of ketones is 1. The van der Waals surface area contributed by atoms with Gasteiger partial charge in [0.1, 0.15) is 0 Å². The van der Waals surface area contributed by atoms with Crippen LogP contribution in [0.15, 0.2) is 18.2 Å². The predicted octanol–water partition coefficient (Wildman–Crippen LogP) is 2.87. The molecule has 0 aliphatic rings. The van der Waals surface area contributed by atoms with Gasteiger partial charge in [-0.15, -0.1) is 0 Å². The zero-order valence-corrected chi connectivity index (χ0v) is 10.8. The molecule has 0 heterocycles. The minimum Gasteiger partial charge on any atom is -0.305 e. The number of Topliss-reactive ketones (excluding diaryl/α,β-unsaturated/α-hetero) is 1. The highest BCUT2D eigenvalue weighted by Crippen LogP contribution is 2.13. The molecule has 2 heteroatoms. The van der Waals surface area contributed by atoms with Crippen molar-refractivity contribution in [2.24, 2.45) is 0 Å². The summed E-state index contributed by atoms with van der Waals surface area (Å²) >= 11 is 0. The summed E-state index contributed by atoms with van der Waals surface area (Å²) in [7, 11) is 0. The second-order valence-electron chi connectivity index (χ2n) is 4.73. The van der Waals surface area contributed by atoms with Crippen LogP contribution in [0.1, 0.15) is 42.3 Å². The van der Waals surface area contributed by atoms with Crippen molar-refractivity contribution in [3.8, 4) is 0 Å². The number of hydrogen-bond donors (Lipinski definition) is 1. The fraction of sp³-hybridized carbons (Fsp3) is 0.500. The summed E-state index contributed by atoms with van der Waals surface area (Å²) in [6.45, 7) is 10.0. The third kappa shape index (κ3) is 3.17. The summed E-state index contributed by atoms with van der Waals surface area (Å²) in [4.78, 5) is 12.2. The minimum absolute atomic E-state index is 0.125. The number of nitrogens with one attached hydrogen (secondary N) is 1. The molecule has 0 saturated carbocycles. The van der Waals surface area contributed by atoms with Crippen molar-refractivity contribution in [2.45, 2.75) is 46.7 Å². The van der Waals surface area contributed by atoms with Crippen LogP contribution in [-0.2, 0) is 0 Å². The Morgan fingerprint density at radius 2 is 1.81 bits per heavy atom. The minimum atomic E-state index is -0.125. The zero-order chi connectivity index (χ0) is 12.3. The van der Waals surface area contributed by atoms with Crippen molar-refractivity contribution in [3.05, 3.63) is 34.9 Å². The highest BCUT2D eigenvalue weighted by atomic mass is 16.1. The van der Waals surface area contributed by atoms with Crippen molar-refractivity contribution < 1.29 is 4.79 Å². The lowest BCUT2D eigenvalue weighted by Crippen LogP contribution is -2.38. The third-order valence-electron chi connectivity index (χ3n) is 2.64. The molecule has 2 nitrogen and oxygen atoms in total. The van der Waals surface area contributed by atoms with E-state index in [0.717, 1.165) is 16.7 Å².